The Kier molecular flexibility index (Phi) is 3.02. The van der Waals surface area contributed by atoms with Crippen LogP contribution in [-0.2, 0) is 4.79 Å². The molecule has 1 aliphatic rings. The number of benzene rings is 1. The van der Waals surface area contributed by atoms with Gasteiger partial charge in [-0.15, -0.1) is 0 Å². The zero-order valence-corrected chi connectivity index (χ0v) is 8.94. The molecule has 0 aromatic heterocycles. The molecular formula is C12H16N2O. The number of carbonyl (C=O) groups is 1. The predicted octanol–water partition coefficient (Wildman–Crippen LogP) is 1.18. The summed E-state index contributed by atoms with van der Waals surface area (Å²) in [5.74, 6) is 0.192. The highest BCUT2D eigenvalue weighted by atomic mass is 16.2. The lowest BCUT2D eigenvalue weighted by molar-refractivity contribution is -0.134. The third kappa shape index (κ3) is 2.18. The molecule has 3 heteroatoms. The Labute approximate surface area is 90.1 Å². The lowest BCUT2D eigenvalue weighted by Crippen LogP contribution is -2.48. The van der Waals surface area contributed by atoms with Gasteiger partial charge in [-0.25, -0.2) is 0 Å². The van der Waals surface area contributed by atoms with Crippen molar-refractivity contribution in [1.82, 2.24) is 10.2 Å². The molecule has 1 aliphatic heterocycles. The molecule has 0 unspecified atom stereocenters. The molecular weight excluding hydrogens is 188 g/mol. The summed E-state index contributed by atoms with van der Waals surface area (Å²) >= 11 is 0. The van der Waals surface area contributed by atoms with Gasteiger partial charge in [-0.05, 0) is 12.5 Å². The van der Waals surface area contributed by atoms with Crippen LogP contribution in [0.4, 0.5) is 0 Å². The van der Waals surface area contributed by atoms with Crippen LogP contribution in [0.3, 0.4) is 0 Å². The Hall–Kier alpha value is -1.35. The van der Waals surface area contributed by atoms with Gasteiger partial charge in [-0.3, -0.25) is 4.79 Å². The molecule has 3 nitrogen and oxygen atoms in total. The largest absolute Gasteiger partial charge is 0.334 e. The van der Waals surface area contributed by atoms with E-state index in [-0.39, 0.29) is 11.9 Å². The van der Waals surface area contributed by atoms with Crippen molar-refractivity contribution >= 4 is 5.91 Å². The number of carbonyl (C=O) groups excluding carboxylic acids is 1. The van der Waals surface area contributed by atoms with Gasteiger partial charge in [-0.2, -0.15) is 0 Å². The molecule has 1 atom stereocenters. The number of hydrogen-bond acceptors (Lipinski definition) is 2. The van der Waals surface area contributed by atoms with Gasteiger partial charge in [0.25, 0.3) is 0 Å². The van der Waals surface area contributed by atoms with Crippen molar-refractivity contribution < 1.29 is 4.79 Å². The van der Waals surface area contributed by atoms with Crippen LogP contribution in [0.2, 0.25) is 0 Å². The first-order valence-corrected chi connectivity index (χ1v) is 5.34. The van der Waals surface area contributed by atoms with Crippen LogP contribution in [0, 0.1) is 0 Å². The lowest BCUT2D eigenvalue weighted by Gasteiger charge is -2.33. The molecule has 0 aliphatic carbocycles. The molecule has 1 aromatic carbocycles. The van der Waals surface area contributed by atoms with Crippen LogP contribution in [0.15, 0.2) is 30.3 Å². The fourth-order valence-corrected chi connectivity index (χ4v) is 1.94. The summed E-state index contributed by atoms with van der Waals surface area (Å²) in [7, 11) is 0. The summed E-state index contributed by atoms with van der Waals surface area (Å²) in [6.45, 7) is 4.24. The van der Waals surface area contributed by atoms with E-state index in [0.717, 1.165) is 13.1 Å². The Morgan fingerprint density at radius 2 is 2.07 bits per heavy atom. The van der Waals surface area contributed by atoms with Gasteiger partial charge in [-0.1, -0.05) is 30.3 Å². The van der Waals surface area contributed by atoms with Crippen LogP contribution in [0.25, 0.3) is 0 Å². The standard InChI is InChI=1S/C12H16N2O/c1-10(11-5-3-2-4-6-11)14-8-7-13-9-12(14)15/h2-6,10,13H,7-9H2,1H3/t10-/m1/s1. The Bertz CT molecular complexity index is 337. The predicted molar refractivity (Wildman–Crippen MR) is 59.4 cm³/mol. The third-order valence-corrected chi connectivity index (χ3v) is 2.88. The summed E-state index contributed by atoms with van der Waals surface area (Å²) in [6, 6.07) is 10.3. The zero-order chi connectivity index (χ0) is 10.7. The van der Waals surface area contributed by atoms with E-state index >= 15 is 0 Å². The van der Waals surface area contributed by atoms with Crippen molar-refractivity contribution in [3.8, 4) is 0 Å². The zero-order valence-electron chi connectivity index (χ0n) is 8.94. The minimum absolute atomic E-state index is 0.181. The van der Waals surface area contributed by atoms with E-state index in [1.165, 1.54) is 5.56 Å². The van der Waals surface area contributed by atoms with Crippen LogP contribution >= 0.6 is 0 Å². The Morgan fingerprint density at radius 1 is 1.33 bits per heavy atom. The normalized spacial score (nSPS) is 19.0. The van der Waals surface area contributed by atoms with E-state index in [4.69, 9.17) is 0 Å². The molecule has 1 aromatic rings. The molecule has 2 rings (SSSR count). The number of piperazine rings is 1. The van der Waals surface area contributed by atoms with Crippen molar-refractivity contribution in [3.05, 3.63) is 35.9 Å². The molecule has 0 bridgehead atoms. The molecule has 1 amide bonds. The highest BCUT2D eigenvalue weighted by Crippen LogP contribution is 2.20. The average molecular weight is 204 g/mol. The first kappa shape index (κ1) is 10.2. The van der Waals surface area contributed by atoms with Crippen molar-refractivity contribution in [2.24, 2.45) is 0 Å². The number of nitrogens with zero attached hydrogens (tertiary/aromatic N) is 1. The molecule has 0 radical (unpaired) electrons. The Balaban J connectivity index is 2.13. The number of rotatable bonds is 2. The summed E-state index contributed by atoms with van der Waals surface area (Å²) in [5.41, 5.74) is 1.20. The van der Waals surface area contributed by atoms with E-state index in [1.54, 1.807) is 0 Å². The lowest BCUT2D eigenvalue weighted by atomic mass is 10.1. The summed E-state index contributed by atoms with van der Waals surface area (Å²) in [5, 5.41) is 3.08. The van der Waals surface area contributed by atoms with Crippen LogP contribution in [-0.4, -0.2) is 30.4 Å². The van der Waals surface area contributed by atoms with Gasteiger partial charge in [0.15, 0.2) is 0 Å². The van der Waals surface area contributed by atoms with E-state index in [9.17, 15) is 4.79 Å². The SMILES string of the molecule is C[C@H](c1ccccc1)N1CCNCC1=O. The number of hydrogen-bond donors (Lipinski definition) is 1. The highest BCUT2D eigenvalue weighted by molar-refractivity contribution is 5.79. The maximum atomic E-state index is 11.7. The minimum Gasteiger partial charge on any atom is -0.334 e. The monoisotopic (exact) mass is 204 g/mol. The maximum absolute atomic E-state index is 11.7. The quantitative estimate of drug-likeness (QED) is 0.784. The van der Waals surface area contributed by atoms with E-state index in [1.807, 2.05) is 23.1 Å². The second-order valence-corrected chi connectivity index (χ2v) is 3.85. The van der Waals surface area contributed by atoms with E-state index < -0.39 is 0 Å². The van der Waals surface area contributed by atoms with Crippen molar-refractivity contribution in [2.75, 3.05) is 19.6 Å². The number of nitrogens with one attached hydrogen (secondary N) is 1. The first-order chi connectivity index (χ1) is 7.29. The molecule has 15 heavy (non-hydrogen) atoms. The van der Waals surface area contributed by atoms with Crippen LogP contribution < -0.4 is 5.32 Å². The fraction of sp³-hybridized carbons (Fsp3) is 0.417. The molecule has 1 fully saturated rings. The maximum Gasteiger partial charge on any atom is 0.237 e. The van der Waals surface area contributed by atoms with Gasteiger partial charge >= 0.3 is 0 Å². The molecule has 0 saturated carbocycles. The third-order valence-electron chi connectivity index (χ3n) is 2.88. The van der Waals surface area contributed by atoms with Gasteiger partial charge in [0.2, 0.25) is 5.91 Å². The smallest absolute Gasteiger partial charge is 0.237 e. The fourth-order valence-electron chi connectivity index (χ4n) is 1.94. The van der Waals surface area contributed by atoms with E-state index in [0.29, 0.717) is 6.54 Å². The van der Waals surface area contributed by atoms with Gasteiger partial charge in [0.1, 0.15) is 0 Å². The second kappa shape index (κ2) is 4.45. The van der Waals surface area contributed by atoms with Gasteiger partial charge in [0.05, 0.1) is 12.6 Å². The minimum atomic E-state index is 0.181. The van der Waals surface area contributed by atoms with Crippen molar-refractivity contribution in [2.45, 2.75) is 13.0 Å². The first-order valence-electron chi connectivity index (χ1n) is 5.34. The summed E-state index contributed by atoms with van der Waals surface area (Å²) in [6.07, 6.45) is 0. The topological polar surface area (TPSA) is 32.3 Å². The van der Waals surface area contributed by atoms with Crippen LogP contribution in [0.1, 0.15) is 18.5 Å². The highest BCUT2D eigenvalue weighted by Gasteiger charge is 2.23. The van der Waals surface area contributed by atoms with Gasteiger partial charge in [0, 0.05) is 13.1 Å². The average Bonchev–Trinajstić information content (AvgIpc) is 2.30. The molecule has 80 valence electrons. The molecule has 0 spiro atoms. The molecule has 1 N–H and O–H groups in total. The van der Waals surface area contributed by atoms with Crippen molar-refractivity contribution in [3.63, 3.8) is 0 Å². The summed E-state index contributed by atoms with van der Waals surface area (Å²) < 4.78 is 0. The number of amides is 1. The van der Waals surface area contributed by atoms with E-state index in [2.05, 4.69) is 24.4 Å². The molecule has 1 saturated heterocycles. The second-order valence-electron chi connectivity index (χ2n) is 3.85. The summed E-state index contributed by atoms with van der Waals surface area (Å²) in [4.78, 5) is 13.6. The molecule has 1 heterocycles. The Morgan fingerprint density at radius 3 is 2.73 bits per heavy atom. The van der Waals surface area contributed by atoms with Crippen molar-refractivity contribution in [1.29, 1.82) is 0 Å². The van der Waals surface area contributed by atoms with Gasteiger partial charge < -0.3 is 10.2 Å². The van der Waals surface area contributed by atoms with Crippen LogP contribution in [0.5, 0.6) is 0 Å².